The van der Waals surface area contributed by atoms with Crippen LogP contribution >= 0.6 is 0 Å². The first-order valence-electron chi connectivity index (χ1n) is 5.45. The number of hydrogen-bond donors (Lipinski definition) is 0. The quantitative estimate of drug-likeness (QED) is 0.666. The molecule has 0 bridgehead atoms. The van der Waals surface area contributed by atoms with E-state index in [-0.39, 0.29) is 12.2 Å². The lowest BCUT2D eigenvalue weighted by Crippen LogP contribution is -2.27. The van der Waals surface area contributed by atoms with Gasteiger partial charge in [-0.1, -0.05) is 37.3 Å². The molecular formula is C13H20O3. The molecule has 2 unspecified atom stereocenters. The Morgan fingerprint density at radius 1 is 1.12 bits per heavy atom. The summed E-state index contributed by atoms with van der Waals surface area (Å²) in [4.78, 5) is 0. The maximum Gasteiger partial charge on any atom is 0.162 e. The first-order valence-corrected chi connectivity index (χ1v) is 5.45. The lowest BCUT2D eigenvalue weighted by atomic mass is 10.2. The fraction of sp³-hybridized carbons (Fsp3) is 0.538. The molecule has 1 aromatic rings. The Morgan fingerprint density at radius 3 is 2.38 bits per heavy atom. The zero-order chi connectivity index (χ0) is 11.8. The van der Waals surface area contributed by atoms with Gasteiger partial charge >= 0.3 is 0 Å². The van der Waals surface area contributed by atoms with Crippen molar-refractivity contribution in [3.05, 3.63) is 35.9 Å². The van der Waals surface area contributed by atoms with Crippen LogP contribution in [0.2, 0.25) is 0 Å². The molecule has 0 fully saturated rings. The van der Waals surface area contributed by atoms with E-state index in [9.17, 15) is 0 Å². The second kappa shape index (κ2) is 7.39. The fourth-order valence-corrected chi connectivity index (χ4v) is 1.56. The van der Waals surface area contributed by atoms with Gasteiger partial charge in [-0.25, -0.2) is 0 Å². The molecular weight excluding hydrogens is 204 g/mol. The maximum atomic E-state index is 5.69. The van der Waals surface area contributed by atoms with Crippen molar-refractivity contribution in [2.75, 3.05) is 20.8 Å². The molecule has 3 nitrogen and oxygen atoms in total. The van der Waals surface area contributed by atoms with Crippen LogP contribution in [0, 0.1) is 5.92 Å². The SMILES string of the molecule is COCC(C)C(OC)OCc1ccccc1. The number of benzene rings is 1. The lowest BCUT2D eigenvalue weighted by molar-refractivity contribution is -0.168. The minimum atomic E-state index is -0.222. The third-order valence-corrected chi connectivity index (χ3v) is 2.38. The van der Waals surface area contributed by atoms with Gasteiger partial charge in [0.05, 0.1) is 13.2 Å². The number of methoxy groups -OCH3 is 2. The zero-order valence-electron chi connectivity index (χ0n) is 10.2. The van der Waals surface area contributed by atoms with Crippen LogP contribution in [0.5, 0.6) is 0 Å². The molecule has 2 atom stereocenters. The van der Waals surface area contributed by atoms with Crippen molar-refractivity contribution in [2.45, 2.75) is 19.8 Å². The summed E-state index contributed by atoms with van der Waals surface area (Å²) in [6.07, 6.45) is -0.222. The van der Waals surface area contributed by atoms with Crippen molar-refractivity contribution in [3.63, 3.8) is 0 Å². The minimum Gasteiger partial charge on any atom is -0.384 e. The Kier molecular flexibility index (Phi) is 6.08. The van der Waals surface area contributed by atoms with E-state index < -0.39 is 0 Å². The van der Waals surface area contributed by atoms with Crippen LogP contribution in [-0.2, 0) is 20.8 Å². The summed E-state index contributed by atoms with van der Waals surface area (Å²) in [6, 6.07) is 10.1. The van der Waals surface area contributed by atoms with Gasteiger partial charge in [0.1, 0.15) is 0 Å². The molecule has 0 heterocycles. The minimum absolute atomic E-state index is 0.221. The number of hydrogen-bond acceptors (Lipinski definition) is 3. The molecule has 0 radical (unpaired) electrons. The zero-order valence-corrected chi connectivity index (χ0v) is 10.2. The Balaban J connectivity index is 2.39. The highest BCUT2D eigenvalue weighted by Crippen LogP contribution is 2.11. The average molecular weight is 224 g/mol. The lowest BCUT2D eigenvalue weighted by Gasteiger charge is -2.22. The van der Waals surface area contributed by atoms with E-state index in [1.54, 1.807) is 14.2 Å². The highest BCUT2D eigenvalue weighted by molar-refractivity contribution is 5.13. The molecule has 3 heteroatoms. The molecule has 0 saturated carbocycles. The van der Waals surface area contributed by atoms with Gasteiger partial charge in [0.2, 0.25) is 0 Å². The smallest absolute Gasteiger partial charge is 0.162 e. The maximum absolute atomic E-state index is 5.69. The second-order valence-corrected chi connectivity index (χ2v) is 3.83. The van der Waals surface area contributed by atoms with Gasteiger partial charge in [-0.2, -0.15) is 0 Å². The van der Waals surface area contributed by atoms with Crippen molar-refractivity contribution in [3.8, 4) is 0 Å². The fourth-order valence-electron chi connectivity index (χ4n) is 1.56. The third kappa shape index (κ3) is 4.31. The molecule has 0 aliphatic carbocycles. The van der Waals surface area contributed by atoms with E-state index in [1.807, 2.05) is 37.3 Å². The Labute approximate surface area is 97.3 Å². The van der Waals surface area contributed by atoms with E-state index in [2.05, 4.69) is 0 Å². The summed E-state index contributed by atoms with van der Waals surface area (Å²) in [5.74, 6) is 0.221. The van der Waals surface area contributed by atoms with Gasteiger partial charge in [0, 0.05) is 20.1 Å². The summed E-state index contributed by atoms with van der Waals surface area (Å²) in [7, 11) is 3.34. The van der Waals surface area contributed by atoms with E-state index in [0.717, 1.165) is 5.56 Å². The first kappa shape index (κ1) is 13.2. The molecule has 90 valence electrons. The van der Waals surface area contributed by atoms with E-state index in [4.69, 9.17) is 14.2 Å². The van der Waals surface area contributed by atoms with Gasteiger partial charge in [-0.15, -0.1) is 0 Å². The van der Waals surface area contributed by atoms with Crippen LogP contribution in [0.3, 0.4) is 0 Å². The Bertz CT molecular complexity index is 274. The molecule has 16 heavy (non-hydrogen) atoms. The van der Waals surface area contributed by atoms with Crippen molar-refractivity contribution >= 4 is 0 Å². The topological polar surface area (TPSA) is 27.7 Å². The molecule has 0 aliphatic rings. The van der Waals surface area contributed by atoms with Gasteiger partial charge in [0.15, 0.2) is 6.29 Å². The van der Waals surface area contributed by atoms with Crippen molar-refractivity contribution in [1.29, 1.82) is 0 Å². The van der Waals surface area contributed by atoms with E-state index in [0.29, 0.717) is 13.2 Å². The predicted molar refractivity (Wildman–Crippen MR) is 63.1 cm³/mol. The van der Waals surface area contributed by atoms with Crippen LogP contribution in [0.1, 0.15) is 12.5 Å². The number of rotatable bonds is 7. The van der Waals surface area contributed by atoms with Gasteiger partial charge in [-0.05, 0) is 5.56 Å². The van der Waals surface area contributed by atoms with Crippen molar-refractivity contribution < 1.29 is 14.2 Å². The van der Waals surface area contributed by atoms with Crippen molar-refractivity contribution in [2.24, 2.45) is 5.92 Å². The molecule has 0 saturated heterocycles. The summed E-state index contributed by atoms with van der Waals surface area (Å²) in [6.45, 7) is 3.24. The van der Waals surface area contributed by atoms with E-state index in [1.165, 1.54) is 0 Å². The molecule has 0 spiro atoms. The molecule has 0 N–H and O–H groups in total. The molecule has 0 aliphatic heterocycles. The molecule has 0 aromatic heterocycles. The van der Waals surface area contributed by atoms with Crippen LogP contribution in [0.15, 0.2) is 30.3 Å². The Morgan fingerprint density at radius 2 is 1.81 bits per heavy atom. The van der Waals surface area contributed by atoms with Gasteiger partial charge in [-0.3, -0.25) is 0 Å². The summed E-state index contributed by atoms with van der Waals surface area (Å²) >= 11 is 0. The van der Waals surface area contributed by atoms with Gasteiger partial charge in [0.25, 0.3) is 0 Å². The molecule has 1 rings (SSSR count). The third-order valence-electron chi connectivity index (χ3n) is 2.38. The number of ether oxygens (including phenoxy) is 3. The highest BCUT2D eigenvalue weighted by Gasteiger charge is 2.16. The van der Waals surface area contributed by atoms with Gasteiger partial charge < -0.3 is 14.2 Å². The van der Waals surface area contributed by atoms with Crippen LogP contribution in [0.4, 0.5) is 0 Å². The predicted octanol–water partition coefficient (Wildman–Crippen LogP) is 2.46. The molecule has 1 aromatic carbocycles. The van der Waals surface area contributed by atoms with Crippen LogP contribution in [0.25, 0.3) is 0 Å². The normalized spacial score (nSPS) is 14.7. The highest BCUT2D eigenvalue weighted by atomic mass is 16.7. The van der Waals surface area contributed by atoms with Crippen LogP contribution < -0.4 is 0 Å². The monoisotopic (exact) mass is 224 g/mol. The van der Waals surface area contributed by atoms with Crippen LogP contribution in [-0.4, -0.2) is 27.1 Å². The van der Waals surface area contributed by atoms with Crippen molar-refractivity contribution in [1.82, 2.24) is 0 Å². The summed E-state index contributed by atoms with van der Waals surface area (Å²) in [5.41, 5.74) is 1.15. The summed E-state index contributed by atoms with van der Waals surface area (Å²) < 4.78 is 16.1. The standard InChI is InChI=1S/C13H20O3/c1-11(9-14-2)13(15-3)16-10-12-7-5-4-6-8-12/h4-8,11,13H,9-10H2,1-3H3. The Hall–Kier alpha value is -0.900. The largest absolute Gasteiger partial charge is 0.384 e. The summed E-state index contributed by atoms with van der Waals surface area (Å²) in [5, 5.41) is 0. The second-order valence-electron chi connectivity index (χ2n) is 3.83. The average Bonchev–Trinajstić information content (AvgIpc) is 2.31. The molecule has 0 amide bonds. The van der Waals surface area contributed by atoms with E-state index >= 15 is 0 Å². The first-order chi connectivity index (χ1) is 7.77.